The average molecular weight is 370 g/mol. The Hall–Kier alpha value is -1.89. The fourth-order valence-corrected chi connectivity index (χ4v) is 3.72. The van der Waals surface area contributed by atoms with Crippen molar-refractivity contribution in [1.29, 1.82) is 0 Å². The van der Waals surface area contributed by atoms with Crippen molar-refractivity contribution in [1.82, 2.24) is 9.88 Å². The highest BCUT2D eigenvalue weighted by atomic mass is 32.1. The summed E-state index contributed by atoms with van der Waals surface area (Å²) in [5.74, 6) is -0.0989. The first-order valence-corrected chi connectivity index (χ1v) is 8.81. The normalized spacial score (nSPS) is 12.1. The van der Waals surface area contributed by atoms with Crippen molar-refractivity contribution in [3.05, 3.63) is 40.4 Å². The Balaban J connectivity index is 2.35. The SMILES string of the molecule is Cc1nc(-c2ccc(C(F)(F)F)cc2)sc1C(=O)N(C(C)C)C(C)C. The molecule has 0 bridgehead atoms. The smallest absolute Gasteiger partial charge is 0.333 e. The first-order chi connectivity index (χ1) is 11.5. The number of halogens is 3. The standard InChI is InChI=1S/C18H21F3N2OS/c1-10(2)23(11(3)4)17(24)15-12(5)22-16(25-15)13-6-8-14(9-7-13)18(19,20)21/h6-11H,1-5H3. The zero-order valence-corrected chi connectivity index (χ0v) is 15.6. The van der Waals surface area contributed by atoms with Crippen LogP contribution >= 0.6 is 11.3 Å². The van der Waals surface area contributed by atoms with E-state index in [1.54, 1.807) is 11.8 Å². The molecule has 0 aliphatic carbocycles. The summed E-state index contributed by atoms with van der Waals surface area (Å²) in [5.41, 5.74) is 0.462. The Labute approximate surface area is 149 Å². The second-order valence-corrected chi connectivity index (χ2v) is 7.41. The van der Waals surface area contributed by atoms with Gasteiger partial charge in [-0.05, 0) is 46.8 Å². The molecule has 1 aromatic heterocycles. The molecule has 0 fully saturated rings. The van der Waals surface area contributed by atoms with Gasteiger partial charge in [-0.1, -0.05) is 12.1 Å². The molecule has 0 spiro atoms. The molecule has 0 aliphatic rings. The van der Waals surface area contributed by atoms with Crippen LogP contribution < -0.4 is 0 Å². The number of aryl methyl sites for hydroxylation is 1. The van der Waals surface area contributed by atoms with Crippen LogP contribution in [-0.4, -0.2) is 27.9 Å². The quantitative estimate of drug-likeness (QED) is 0.722. The summed E-state index contributed by atoms with van der Waals surface area (Å²) in [6.45, 7) is 9.54. The minimum absolute atomic E-state index is 0.0449. The van der Waals surface area contributed by atoms with E-state index >= 15 is 0 Å². The Bertz CT molecular complexity index is 741. The van der Waals surface area contributed by atoms with Crippen LogP contribution in [0.5, 0.6) is 0 Å². The molecule has 0 aliphatic heterocycles. The summed E-state index contributed by atoms with van der Waals surface area (Å²) < 4.78 is 38.0. The maximum atomic E-state index is 12.8. The number of carbonyl (C=O) groups is 1. The molecule has 0 saturated carbocycles. The lowest BCUT2D eigenvalue weighted by Gasteiger charge is -2.30. The van der Waals surface area contributed by atoms with Crippen molar-refractivity contribution >= 4 is 17.2 Å². The minimum atomic E-state index is -4.37. The molecular formula is C18H21F3N2OS. The van der Waals surface area contributed by atoms with Gasteiger partial charge in [-0.3, -0.25) is 4.79 Å². The highest BCUT2D eigenvalue weighted by Gasteiger charge is 2.30. The van der Waals surface area contributed by atoms with E-state index in [-0.39, 0.29) is 18.0 Å². The van der Waals surface area contributed by atoms with E-state index in [1.807, 2.05) is 27.7 Å². The van der Waals surface area contributed by atoms with E-state index in [1.165, 1.54) is 23.5 Å². The average Bonchev–Trinajstić information content (AvgIpc) is 2.87. The molecule has 1 amide bonds. The second kappa shape index (κ2) is 7.15. The van der Waals surface area contributed by atoms with Gasteiger partial charge in [-0.15, -0.1) is 11.3 Å². The molecule has 3 nitrogen and oxygen atoms in total. The minimum Gasteiger partial charge on any atom is -0.333 e. The van der Waals surface area contributed by atoms with Crippen molar-refractivity contribution < 1.29 is 18.0 Å². The first kappa shape index (κ1) is 19.4. The van der Waals surface area contributed by atoms with E-state index in [2.05, 4.69) is 4.98 Å². The zero-order valence-electron chi connectivity index (χ0n) is 14.8. The van der Waals surface area contributed by atoms with Crippen molar-refractivity contribution in [2.75, 3.05) is 0 Å². The summed E-state index contributed by atoms with van der Waals surface area (Å²) in [6, 6.07) is 4.92. The summed E-state index contributed by atoms with van der Waals surface area (Å²) >= 11 is 1.21. The number of aromatic nitrogens is 1. The van der Waals surface area contributed by atoms with Crippen LogP contribution in [0.25, 0.3) is 10.6 Å². The van der Waals surface area contributed by atoms with Crippen LogP contribution in [-0.2, 0) is 6.18 Å². The molecule has 2 aromatic rings. The van der Waals surface area contributed by atoms with Gasteiger partial charge >= 0.3 is 6.18 Å². The fraction of sp³-hybridized carbons (Fsp3) is 0.444. The topological polar surface area (TPSA) is 33.2 Å². The van der Waals surface area contributed by atoms with Gasteiger partial charge in [0.1, 0.15) is 9.88 Å². The number of nitrogens with zero attached hydrogens (tertiary/aromatic N) is 2. The number of amides is 1. The van der Waals surface area contributed by atoms with Crippen LogP contribution in [0.4, 0.5) is 13.2 Å². The molecule has 0 saturated heterocycles. The lowest BCUT2D eigenvalue weighted by atomic mass is 10.1. The van der Waals surface area contributed by atoms with Crippen molar-refractivity contribution in [2.45, 2.75) is 52.9 Å². The lowest BCUT2D eigenvalue weighted by Crippen LogP contribution is -2.41. The highest BCUT2D eigenvalue weighted by Crippen LogP contribution is 2.33. The Morgan fingerprint density at radius 3 is 2.04 bits per heavy atom. The Morgan fingerprint density at radius 2 is 1.60 bits per heavy atom. The van der Waals surface area contributed by atoms with Crippen LogP contribution in [0.2, 0.25) is 0 Å². The van der Waals surface area contributed by atoms with Crippen molar-refractivity contribution in [2.24, 2.45) is 0 Å². The van der Waals surface area contributed by atoms with E-state index in [0.29, 0.717) is 21.1 Å². The molecule has 25 heavy (non-hydrogen) atoms. The maximum Gasteiger partial charge on any atom is 0.416 e. The zero-order chi connectivity index (χ0) is 18.9. The lowest BCUT2D eigenvalue weighted by molar-refractivity contribution is -0.137. The molecule has 0 N–H and O–H groups in total. The molecule has 0 unspecified atom stereocenters. The molecule has 1 heterocycles. The number of benzene rings is 1. The second-order valence-electron chi connectivity index (χ2n) is 6.41. The van der Waals surface area contributed by atoms with Crippen molar-refractivity contribution in [3.63, 3.8) is 0 Å². The third-order valence-electron chi connectivity index (χ3n) is 3.80. The third-order valence-corrected chi connectivity index (χ3v) is 4.99. The molecular weight excluding hydrogens is 349 g/mol. The van der Waals surface area contributed by atoms with Gasteiger partial charge in [0.25, 0.3) is 5.91 Å². The molecule has 0 radical (unpaired) electrons. The summed E-state index contributed by atoms with van der Waals surface area (Å²) in [6.07, 6.45) is -4.37. The van der Waals surface area contributed by atoms with E-state index in [4.69, 9.17) is 0 Å². The van der Waals surface area contributed by atoms with Crippen molar-refractivity contribution in [3.8, 4) is 10.6 Å². The Morgan fingerprint density at radius 1 is 1.08 bits per heavy atom. The van der Waals surface area contributed by atoms with E-state index in [0.717, 1.165) is 12.1 Å². The van der Waals surface area contributed by atoms with E-state index in [9.17, 15) is 18.0 Å². The largest absolute Gasteiger partial charge is 0.416 e. The monoisotopic (exact) mass is 370 g/mol. The first-order valence-electron chi connectivity index (χ1n) is 8.00. The maximum absolute atomic E-state index is 12.8. The number of rotatable bonds is 4. The molecule has 0 atom stereocenters. The number of hydrogen-bond donors (Lipinski definition) is 0. The summed E-state index contributed by atoms with van der Waals surface area (Å²) in [7, 11) is 0. The van der Waals surface area contributed by atoms with Crippen LogP contribution in [0, 0.1) is 6.92 Å². The van der Waals surface area contributed by atoms with Crippen LogP contribution in [0.3, 0.4) is 0 Å². The number of hydrogen-bond acceptors (Lipinski definition) is 3. The van der Waals surface area contributed by atoms with Gasteiger partial charge in [0.05, 0.1) is 11.3 Å². The molecule has 7 heteroatoms. The van der Waals surface area contributed by atoms with E-state index < -0.39 is 11.7 Å². The van der Waals surface area contributed by atoms with Crippen LogP contribution in [0.15, 0.2) is 24.3 Å². The van der Waals surface area contributed by atoms with Gasteiger partial charge in [0.2, 0.25) is 0 Å². The highest BCUT2D eigenvalue weighted by molar-refractivity contribution is 7.17. The third kappa shape index (κ3) is 4.21. The van der Waals surface area contributed by atoms with Crippen LogP contribution in [0.1, 0.15) is 48.6 Å². The predicted molar refractivity (Wildman–Crippen MR) is 93.7 cm³/mol. The van der Waals surface area contributed by atoms with Gasteiger partial charge in [0, 0.05) is 17.6 Å². The number of thiazole rings is 1. The molecule has 136 valence electrons. The predicted octanol–water partition coefficient (Wildman–Crippen LogP) is 5.40. The fourth-order valence-electron chi connectivity index (χ4n) is 2.70. The van der Waals surface area contributed by atoms with Gasteiger partial charge in [0.15, 0.2) is 0 Å². The molecule has 2 rings (SSSR count). The number of alkyl halides is 3. The molecule has 1 aromatic carbocycles. The van der Waals surface area contributed by atoms with Gasteiger partial charge < -0.3 is 4.90 Å². The summed E-state index contributed by atoms with van der Waals surface area (Å²) in [5, 5.41) is 0.544. The summed E-state index contributed by atoms with van der Waals surface area (Å²) in [4.78, 5) is 19.5. The number of carbonyl (C=O) groups excluding carboxylic acids is 1. The Kier molecular flexibility index (Phi) is 5.56. The van der Waals surface area contributed by atoms with Gasteiger partial charge in [-0.25, -0.2) is 4.98 Å². The van der Waals surface area contributed by atoms with Gasteiger partial charge in [-0.2, -0.15) is 13.2 Å².